The summed E-state index contributed by atoms with van der Waals surface area (Å²) in [6.45, 7) is 6.43. The SMILES string of the molecule is CCC(CC)NC(C)c1ccc(Cl)c(Cl)c1Cl. The van der Waals surface area contributed by atoms with Crippen molar-refractivity contribution in [3.05, 3.63) is 32.8 Å². The molecule has 0 spiro atoms. The zero-order valence-electron chi connectivity index (χ0n) is 10.4. The van der Waals surface area contributed by atoms with Gasteiger partial charge in [-0.15, -0.1) is 0 Å². The first-order chi connectivity index (χ1) is 8.01. The lowest BCUT2D eigenvalue weighted by Crippen LogP contribution is -2.30. The van der Waals surface area contributed by atoms with E-state index in [4.69, 9.17) is 34.8 Å². The van der Waals surface area contributed by atoms with Crippen LogP contribution in [0.5, 0.6) is 0 Å². The van der Waals surface area contributed by atoms with Crippen LogP contribution in [0.25, 0.3) is 0 Å². The van der Waals surface area contributed by atoms with Crippen LogP contribution in [0.3, 0.4) is 0 Å². The van der Waals surface area contributed by atoms with Crippen LogP contribution in [0.15, 0.2) is 12.1 Å². The molecule has 0 bridgehead atoms. The maximum Gasteiger partial charge on any atom is 0.0781 e. The topological polar surface area (TPSA) is 12.0 Å². The average Bonchev–Trinajstić information content (AvgIpc) is 2.32. The number of hydrogen-bond acceptors (Lipinski definition) is 1. The molecule has 96 valence electrons. The lowest BCUT2D eigenvalue weighted by molar-refractivity contribution is 0.432. The van der Waals surface area contributed by atoms with E-state index < -0.39 is 0 Å². The molecule has 0 heterocycles. The first kappa shape index (κ1) is 15.1. The van der Waals surface area contributed by atoms with E-state index in [2.05, 4.69) is 26.1 Å². The fraction of sp³-hybridized carbons (Fsp3) is 0.538. The van der Waals surface area contributed by atoms with Crippen molar-refractivity contribution < 1.29 is 0 Å². The molecular weight excluding hydrogens is 277 g/mol. The fourth-order valence-electron chi connectivity index (χ4n) is 1.84. The van der Waals surface area contributed by atoms with Crippen molar-refractivity contribution in [3.8, 4) is 0 Å². The van der Waals surface area contributed by atoms with Gasteiger partial charge in [0.2, 0.25) is 0 Å². The first-order valence-corrected chi connectivity index (χ1v) is 7.04. The highest BCUT2D eigenvalue weighted by Gasteiger charge is 2.16. The highest BCUT2D eigenvalue weighted by molar-refractivity contribution is 6.48. The van der Waals surface area contributed by atoms with E-state index in [1.807, 2.05) is 6.07 Å². The van der Waals surface area contributed by atoms with Crippen LogP contribution >= 0.6 is 34.8 Å². The molecule has 0 saturated carbocycles. The standard InChI is InChI=1S/C13H18Cl3N/c1-4-9(5-2)17-8(3)10-6-7-11(14)13(16)12(10)15/h6-9,17H,4-5H2,1-3H3. The third kappa shape index (κ3) is 3.75. The van der Waals surface area contributed by atoms with E-state index in [9.17, 15) is 0 Å². The van der Waals surface area contributed by atoms with Crippen LogP contribution in [-0.2, 0) is 0 Å². The summed E-state index contributed by atoms with van der Waals surface area (Å²) in [4.78, 5) is 0. The lowest BCUT2D eigenvalue weighted by Gasteiger charge is -2.22. The molecule has 1 atom stereocenters. The molecule has 0 saturated heterocycles. The Morgan fingerprint density at radius 3 is 2.18 bits per heavy atom. The smallest absolute Gasteiger partial charge is 0.0781 e. The molecule has 1 nitrogen and oxygen atoms in total. The molecule has 4 heteroatoms. The molecule has 1 aromatic carbocycles. The van der Waals surface area contributed by atoms with E-state index >= 15 is 0 Å². The Hall–Kier alpha value is 0.0500. The predicted molar refractivity (Wildman–Crippen MR) is 77.4 cm³/mol. The molecule has 0 fully saturated rings. The van der Waals surface area contributed by atoms with Crippen LogP contribution in [0, 0.1) is 0 Å². The molecule has 1 unspecified atom stereocenters. The largest absolute Gasteiger partial charge is 0.307 e. The monoisotopic (exact) mass is 293 g/mol. The van der Waals surface area contributed by atoms with E-state index in [-0.39, 0.29) is 6.04 Å². The Morgan fingerprint density at radius 1 is 1.06 bits per heavy atom. The second kappa shape index (κ2) is 6.84. The van der Waals surface area contributed by atoms with Crippen molar-refractivity contribution in [2.45, 2.75) is 45.7 Å². The van der Waals surface area contributed by atoms with Crippen LogP contribution in [0.2, 0.25) is 15.1 Å². The Labute approximate surface area is 118 Å². The molecular formula is C13H18Cl3N. The number of halogens is 3. The van der Waals surface area contributed by atoms with Gasteiger partial charge in [0.05, 0.1) is 15.1 Å². The van der Waals surface area contributed by atoms with E-state index in [1.165, 1.54) is 0 Å². The summed E-state index contributed by atoms with van der Waals surface area (Å²) in [6, 6.07) is 4.38. The maximum atomic E-state index is 6.21. The molecule has 1 N–H and O–H groups in total. The van der Waals surface area contributed by atoms with Gasteiger partial charge in [0.1, 0.15) is 0 Å². The van der Waals surface area contributed by atoms with E-state index in [0.29, 0.717) is 21.1 Å². The van der Waals surface area contributed by atoms with Crippen molar-refractivity contribution in [1.29, 1.82) is 0 Å². The molecule has 0 aliphatic rings. The number of rotatable bonds is 5. The summed E-state index contributed by atoms with van der Waals surface area (Å²) in [7, 11) is 0. The Bertz CT molecular complexity index is 375. The van der Waals surface area contributed by atoms with Crippen LogP contribution < -0.4 is 5.32 Å². The molecule has 17 heavy (non-hydrogen) atoms. The van der Waals surface area contributed by atoms with Gasteiger partial charge in [-0.1, -0.05) is 54.7 Å². The van der Waals surface area contributed by atoms with Crippen molar-refractivity contribution in [1.82, 2.24) is 5.32 Å². The molecule has 0 aromatic heterocycles. The van der Waals surface area contributed by atoms with Gasteiger partial charge < -0.3 is 5.32 Å². The van der Waals surface area contributed by atoms with Gasteiger partial charge in [-0.25, -0.2) is 0 Å². The van der Waals surface area contributed by atoms with Crippen molar-refractivity contribution in [2.75, 3.05) is 0 Å². The van der Waals surface area contributed by atoms with Gasteiger partial charge in [-0.2, -0.15) is 0 Å². The molecule has 1 rings (SSSR count). The number of benzene rings is 1. The summed E-state index contributed by atoms with van der Waals surface area (Å²) in [5, 5.41) is 5.01. The number of hydrogen-bond donors (Lipinski definition) is 1. The Balaban J connectivity index is 2.89. The van der Waals surface area contributed by atoms with Gasteiger partial charge in [-0.3, -0.25) is 0 Å². The third-order valence-corrected chi connectivity index (χ3v) is 4.31. The maximum absolute atomic E-state index is 6.21. The number of nitrogens with one attached hydrogen (secondary N) is 1. The molecule has 0 aliphatic carbocycles. The highest BCUT2D eigenvalue weighted by atomic mass is 35.5. The summed E-state index contributed by atoms with van der Waals surface area (Å²) in [6.07, 6.45) is 2.19. The summed E-state index contributed by atoms with van der Waals surface area (Å²) in [5.41, 5.74) is 0.993. The predicted octanol–water partition coefficient (Wildman–Crippen LogP) is 5.49. The van der Waals surface area contributed by atoms with Gasteiger partial charge in [0, 0.05) is 12.1 Å². The molecule has 0 radical (unpaired) electrons. The van der Waals surface area contributed by atoms with Crippen molar-refractivity contribution >= 4 is 34.8 Å². The van der Waals surface area contributed by atoms with Gasteiger partial charge in [0.15, 0.2) is 0 Å². The zero-order chi connectivity index (χ0) is 13.0. The molecule has 0 aliphatic heterocycles. The van der Waals surface area contributed by atoms with Gasteiger partial charge in [0.25, 0.3) is 0 Å². The van der Waals surface area contributed by atoms with Gasteiger partial charge >= 0.3 is 0 Å². The second-order valence-electron chi connectivity index (χ2n) is 4.17. The summed E-state index contributed by atoms with van der Waals surface area (Å²) < 4.78 is 0. The second-order valence-corrected chi connectivity index (χ2v) is 5.33. The van der Waals surface area contributed by atoms with E-state index in [0.717, 1.165) is 18.4 Å². The van der Waals surface area contributed by atoms with Crippen molar-refractivity contribution in [3.63, 3.8) is 0 Å². The minimum Gasteiger partial charge on any atom is -0.307 e. The van der Waals surface area contributed by atoms with Crippen LogP contribution in [0.1, 0.15) is 45.2 Å². The average molecular weight is 295 g/mol. The normalized spacial score (nSPS) is 13.1. The van der Waals surface area contributed by atoms with Crippen LogP contribution in [0.4, 0.5) is 0 Å². The first-order valence-electron chi connectivity index (χ1n) is 5.90. The van der Waals surface area contributed by atoms with Crippen LogP contribution in [-0.4, -0.2) is 6.04 Å². The third-order valence-electron chi connectivity index (χ3n) is 3.00. The highest BCUT2D eigenvalue weighted by Crippen LogP contribution is 2.35. The zero-order valence-corrected chi connectivity index (χ0v) is 12.6. The Kier molecular flexibility index (Phi) is 6.08. The van der Waals surface area contributed by atoms with Gasteiger partial charge in [-0.05, 0) is 31.4 Å². The minimum atomic E-state index is 0.169. The quantitative estimate of drug-likeness (QED) is 0.708. The minimum absolute atomic E-state index is 0.169. The molecule has 1 aromatic rings. The Morgan fingerprint density at radius 2 is 1.65 bits per heavy atom. The fourth-order valence-corrected chi connectivity index (χ4v) is 2.55. The van der Waals surface area contributed by atoms with E-state index in [1.54, 1.807) is 6.07 Å². The lowest BCUT2D eigenvalue weighted by atomic mass is 10.1. The summed E-state index contributed by atoms with van der Waals surface area (Å²) in [5.74, 6) is 0. The summed E-state index contributed by atoms with van der Waals surface area (Å²) >= 11 is 18.2. The molecule has 0 amide bonds. The van der Waals surface area contributed by atoms with Crippen molar-refractivity contribution in [2.24, 2.45) is 0 Å².